The zero-order valence-electron chi connectivity index (χ0n) is 17.1. The van der Waals surface area contributed by atoms with Gasteiger partial charge in [-0.1, -0.05) is 29.4 Å². The van der Waals surface area contributed by atoms with Crippen molar-refractivity contribution in [1.82, 2.24) is 9.55 Å². The quantitative estimate of drug-likeness (QED) is 0.618. The van der Waals surface area contributed by atoms with Gasteiger partial charge in [-0.25, -0.2) is 4.98 Å². The van der Waals surface area contributed by atoms with E-state index in [2.05, 4.69) is 36.2 Å². The summed E-state index contributed by atoms with van der Waals surface area (Å²) in [6.07, 6.45) is 11.3. The molecule has 1 aromatic carbocycles. The van der Waals surface area contributed by atoms with E-state index in [1.807, 2.05) is 6.07 Å². The van der Waals surface area contributed by atoms with E-state index >= 15 is 0 Å². The van der Waals surface area contributed by atoms with Crippen molar-refractivity contribution in [2.45, 2.75) is 45.2 Å². The van der Waals surface area contributed by atoms with Crippen LogP contribution in [-0.2, 0) is 11.3 Å². The highest BCUT2D eigenvalue weighted by atomic mass is 16.1. The SMILES string of the molecule is CC(N)C1=CCC=C(C2(C#N)CC2)C2CC12.N#Cc1cccc2ncn(CC=O)c12.[HH]. The monoisotopic (exact) mass is 401 g/mol. The third-order valence-electron chi connectivity index (χ3n) is 6.38. The van der Waals surface area contributed by atoms with Crippen LogP contribution in [0.2, 0.25) is 0 Å². The van der Waals surface area contributed by atoms with Gasteiger partial charge >= 0.3 is 0 Å². The number of nitrogens with two attached hydrogens (primary N) is 1. The molecule has 3 aliphatic carbocycles. The van der Waals surface area contributed by atoms with Gasteiger partial charge in [0.2, 0.25) is 0 Å². The van der Waals surface area contributed by atoms with Crippen molar-refractivity contribution in [3.8, 4) is 12.1 Å². The number of nitrogens with zero attached hydrogens (tertiary/aromatic N) is 4. The van der Waals surface area contributed by atoms with E-state index in [1.54, 1.807) is 23.0 Å². The number of hydrogen-bond acceptors (Lipinski definition) is 5. The molecule has 5 rings (SSSR count). The third kappa shape index (κ3) is 3.56. The Morgan fingerprint density at radius 2 is 2.17 bits per heavy atom. The molecule has 0 aliphatic heterocycles. The first-order valence-electron chi connectivity index (χ1n) is 10.4. The zero-order chi connectivity index (χ0) is 21.3. The summed E-state index contributed by atoms with van der Waals surface area (Å²) in [5, 5.41) is 18.1. The molecule has 2 saturated carbocycles. The van der Waals surface area contributed by atoms with Crippen LogP contribution in [-0.4, -0.2) is 21.9 Å². The Labute approximate surface area is 177 Å². The summed E-state index contributed by atoms with van der Waals surface area (Å²) >= 11 is 0. The third-order valence-corrected chi connectivity index (χ3v) is 6.38. The van der Waals surface area contributed by atoms with Gasteiger partial charge in [0.25, 0.3) is 0 Å². The van der Waals surface area contributed by atoms with Gasteiger partial charge in [0.1, 0.15) is 12.4 Å². The number of allylic oxidation sites excluding steroid dienone is 3. The maximum absolute atomic E-state index is 10.4. The van der Waals surface area contributed by atoms with E-state index in [9.17, 15) is 10.1 Å². The lowest BCUT2D eigenvalue weighted by Crippen LogP contribution is -2.19. The molecule has 1 heterocycles. The summed E-state index contributed by atoms with van der Waals surface area (Å²) in [4.78, 5) is 14.5. The lowest BCUT2D eigenvalue weighted by molar-refractivity contribution is -0.108. The van der Waals surface area contributed by atoms with Crippen LogP contribution in [0.15, 0.2) is 47.8 Å². The molecular weight excluding hydrogens is 374 g/mol. The molecular formula is C24H27N5O. The average molecular weight is 402 g/mol. The molecule has 3 unspecified atom stereocenters. The first kappa shape index (κ1) is 20.1. The van der Waals surface area contributed by atoms with Crippen molar-refractivity contribution in [2.75, 3.05) is 0 Å². The Balaban J connectivity index is 0.000000172. The van der Waals surface area contributed by atoms with Gasteiger partial charge < -0.3 is 15.1 Å². The highest BCUT2D eigenvalue weighted by molar-refractivity contribution is 5.82. The molecule has 6 heteroatoms. The van der Waals surface area contributed by atoms with E-state index in [1.165, 1.54) is 17.6 Å². The van der Waals surface area contributed by atoms with Crippen LogP contribution in [0.3, 0.4) is 0 Å². The number of fused-ring (bicyclic) bond motifs is 2. The fraction of sp³-hybridized carbons (Fsp3) is 0.417. The molecule has 1 aromatic heterocycles. The number of para-hydroxylation sites is 1. The topological polar surface area (TPSA) is 108 Å². The molecule has 154 valence electrons. The molecule has 0 amide bonds. The number of rotatable bonds is 4. The first-order chi connectivity index (χ1) is 14.5. The highest BCUT2D eigenvalue weighted by Gasteiger charge is 2.55. The Morgan fingerprint density at radius 1 is 1.37 bits per heavy atom. The fourth-order valence-electron chi connectivity index (χ4n) is 4.63. The normalized spacial score (nSPS) is 23.9. The summed E-state index contributed by atoms with van der Waals surface area (Å²) < 4.78 is 1.67. The molecule has 0 bridgehead atoms. The number of aromatic nitrogens is 2. The minimum Gasteiger partial charge on any atom is -0.324 e. The minimum atomic E-state index is -0.0689. The second kappa shape index (κ2) is 7.89. The van der Waals surface area contributed by atoms with E-state index in [0.717, 1.165) is 36.6 Å². The molecule has 30 heavy (non-hydrogen) atoms. The van der Waals surface area contributed by atoms with Gasteiger partial charge in [0.05, 0.1) is 41.0 Å². The van der Waals surface area contributed by atoms with Crippen molar-refractivity contribution < 1.29 is 6.22 Å². The van der Waals surface area contributed by atoms with Gasteiger partial charge in [-0.2, -0.15) is 10.5 Å². The van der Waals surface area contributed by atoms with Crippen molar-refractivity contribution >= 4 is 17.3 Å². The zero-order valence-corrected chi connectivity index (χ0v) is 17.1. The smallest absolute Gasteiger partial charge is 0.139 e. The molecule has 2 fully saturated rings. The summed E-state index contributed by atoms with van der Waals surface area (Å²) in [5.74, 6) is 1.29. The van der Waals surface area contributed by atoms with Crippen LogP contribution < -0.4 is 5.73 Å². The van der Waals surface area contributed by atoms with Gasteiger partial charge in [0.15, 0.2) is 0 Å². The number of benzene rings is 1. The Kier molecular flexibility index (Phi) is 5.28. The minimum absolute atomic E-state index is 0. The molecule has 2 aromatic rings. The van der Waals surface area contributed by atoms with Crippen molar-refractivity contribution in [1.29, 1.82) is 10.5 Å². The van der Waals surface area contributed by atoms with Gasteiger partial charge in [-0.05, 0) is 56.6 Å². The number of aldehydes is 1. The Hall–Kier alpha value is -3.22. The lowest BCUT2D eigenvalue weighted by atomic mass is 9.91. The number of carbonyl (C=O) groups is 1. The highest BCUT2D eigenvalue weighted by Crippen LogP contribution is 2.63. The summed E-state index contributed by atoms with van der Waals surface area (Å²) in [5.41, 5.74) is 10.8. The van der Waals surface area contributed by atoms with Crippen LogP contribution in [0.1, 0.15) is 39.6 Å². The molecule has 2 N–H and O–H groups in total. The Bertz CT molecular complexity index is 1130. The van der Waals surface area contributed by atoms with E-state index in [-0.39, 0.29) is 19.4 Å². The Morgan fingerprint density at radius 3 is 2.80 bits per heavy atom. The summed E-state index contributed by atoms with van der Waals surface area (Å²) in [6.45, 7) is 2.30. The number of nitriles is 2. The molecule has 0 saturated heterocycles. The number of carbonyl (C=O) groups excluding carboxylic acids is 1. The predicted molar refractivity (Wildman–Crippen MR) is 116 cm³/mol. The second-order valence-corrected chi connectivity index (χ2v) is 8.38. The maximum atomic E-state index is 10.4. The van der Waals surface area contributed by atoms with E-state index in [0.29, 0.717) is 17.4 Å². The first-order valence-corrected chi connectivity index (χ1v) is 10.4. The van der Waals surface area contributed by atoms with Gasteiger partial charge in [-0.3, -0.25) is 0 Å². The fourth-order valence-corrected chi connectivity index (χ4v) is 4.63. The van der Waals surface area contributed by atoms with Crippen LogP contribution in [0.5, 0.6) is 0 Å². The van der Waals surface area contributed by atoms with E-state index in [4.69, 9.17) is 11.0 Å². The predicted octanol–water partition coefficient (Wildman–Crippen LogP) is 3.88. The summed E-state index contributed by atoms with van der Waals surface area (Å²) in [6, 6.07) is 10.1. The van der Waals surface area contributed by atoms with Crippen LogP contribution in [0.4, 0.5) is 0 Å². The van der Waals surface area contributed by atoms with Crippen LogP contribution >= 0.6 is 0 Å². The lowest BCUT2D eigenvalue weighted by Gasteiger charge is -2.12. The molecule has 0 spiro atoms. The van der Waals surface area contributed by atoms with Crippen LogP contribution in [0.25, 0.3) is 11.0 Å². The summed E-state index contributed by atoms with van der Waals surface area (Å²) in [7, 11) is 0. The number of imidazole rings is 1. The standard InChI is InChI=1S/C14H18N2.C10H7N3O.H2/c1-9(16)10-3-2-4-13(12-7-11(10)12)14(8-15)5-6-14;11-6-8-2-1-3-9-10(8)13(4-5-14)7-12-9;/h3-4,9,11-12H,2,5-7,16H2,1H3;1-3,5,7H,4H2;1H. The second-order valence-electron chi connectivity index (χ2n) is 8.38. The van der Waals surface area contributed by atoms with Crippen molar-refractivity contribution in [2.24, 2.45) is 23.0 Å². The van der Waals surface area contributed by atoms with Crippen molar-refractivity contribution in [3.63, 3.8) is 0 Å². The van der Waals surface area contributed by atoms with Crippen LogP contribution in [0, 0.1) is 39.9 Å². The van der Waals surface area contributed by atoms with Crippen molar-refractivity contribution in [3.05, 3.63) is 53.4 Å². The largest absolute Gasteiger partial charge is 0.324 e. The number of hydrogen-bond donors (Lipinski definition) is 1. The maximum Gasteiger partial charge on any atom is 0.139 e. The van der Waals surface area contributed by atoms with Gasteiger partial charge in [0, 0.05) is 7.47 Å². The van der Waals surface area contributed by atoms with E-state index < -0.39 is 0 Å². The van der Waals surface area contributed by atoms with Gasteiger partial charge in [-0.15, -0.1) is 0 Å². The molecule has 0 radical (unpaired) electrons. The average Bonchev–Trinajstić information content (AvgIpc) is 3.65. The molecule has 3 atom stereocenters. The molecule has 6 nitrogen and oxygen atoms in total. The molecule has 3 aliphatic rings.